The Kier molecular flexibility index (Phi) is 45.2. The Bertz CT molecular complexity index is 159. The fourth-order valence-corrected chi connectivity index (χ4v) is 0. The van der Waals surface area contributed by atoms with Crippen molar-refractivity contribution in [3.63, 3.8) is 0 Å². The number of carbonyl (C=O) groups excluding carboxylic acids is 3. The van der Waals surface area contributed by atoms with Gasteiger partial charge in [0.2, 0.25) is 18.5 Å². The second kappa shape index (κ2) is 25.3. The van der Waals surface area contributed by atoms with E-state index < -0.39 is 18.5 Å². The molecule has 0 atom stereocenters. The maximum absolute atomic E-state index is 8.72. The van der Waals surface area contributed by atoms with Gasteiger partial charge in [-0.15, -0.1) is 0 Å². The minimum atomic E-state index is -2.05. The summed E-state index contributed by atoms with van der Waals surface area (Å²) in [6, 6.07) is 0. The molecule has 12 nitrogen and oxygen atoms in total. The second-order valence-corrected chi connectivity index (χ2v) is 1.00. The summed E-state index contributed by atoms with van der Waals surface area (Å²) in [5.74, 6) is 0. The molecule has 0 saturated heterocycles. The summed E-state index contributed by atoms with van der Waals surface area (Å²) in [5.41, 5.74) is 0. The van der Waals surface area contributed by atoms with Crippen LogP contribution in [0.1, 0.15) is 0 Å². The third-order valence-corrected chi connectivity index (χ3v) is 0.204. The van der Waals surface area contributed by atoms with E-state index in [0.29, 0.717) is 0 Å². The van der Waals surface area contributed by atoms with Gasteiger partial charge in [-0.25, -0.2) is 0 Å². The molecule has 0 saturated carbocycles. The SMILES string of the molecule is O=C([O-])O[O-].O=C([O-])O[O-].O=C([O-])O[O-].[Gd+3].[Gd+3]. The van der Waals surface area contributed by atoms with Crippen molar-refractivity contribution >= 4 is 18.5 Å². The molecular weight excluding hydrogens is 543 g/mol. The van der Waals surface area contributed by atoms with E-state index in [1.807, 2.05) is 0 Å². The largest absolute Gasteiger partial charge is 3.00 e. The smallest absolute Gasteiger partial charge is 0.755 e. The summed E-state index contributed by atoms with van der Waals surface area (Å²) in [7, 11) is 0. The number of hydrogen-bond donors (Lipinski definition) is 0. The van der Waals surface area contributed by atoms with Crippen molar-refractivity contribution < 1.29 is 140 Å². The van der Waals surface area contributed by atoms with Crippen molar-refractivity contribution in [3.8, 4) is 0 Å². The number of carboxylic acid groups (broad SMARTS) is 3. The molecule has 0 aromatic rings. The first kappa shape index (κ1) is 30.4. The molecule has 0 aromatic carbocycles. The Morgan fingerprint density at radius 3 is 0.647 bits per heavy atom. The molecule has 0 fully saturated rings. The van der Waals surface area contributed by atoms with E-state index >= 15 is 0 Å². The molecule has 14 heteroatoms. The summed E-state index contributed by atoms with van der Waals surface area (Å²) in [6.45, 7) is 0. The van der Waals surface area contributed by atoms with Gasteiger partial charge in [-0.3, -0.25) is 0 Å². The average Bonchev–Trinajstić information content (AvgIpc) is 2.19. The Labute approximate surface area is 156 Å². The molecule has 0 N–H and O–H groups in total. The molecule has 0 spiro atoms. The van der Waals surface area contributed by atoms with Crippen molar-refractivity contribution in [2.24, 2.45) is 0 Å². The van der Waals surface area contributed by atoms with Crippen molar-refractivity contribution in [2.45, 2.75) is 0 Å². The maximum Gasteiger partial charge on any atom is 3.00 e. The number of rotatable bonds is 0. The summed E-state index contributed by atoms with van der Waals surface area (Å²) < 4.78 is 0. The van der Waals surface area contributed by atoms with Gasteiger partial charge in [-0.05, 0) is 0 Å². The van der Waals surface area contributed by atoms with Gasteiger partial charge in [0.15, 0.2) is 0 Å². The summed E-state index contributed by atoms with van der Waals surface area (Å²) in [4.78, 5) is 33.1. The van der Waals surface area contributed by atoms with Crippen LogP contribution in [0.25, 0.3) is 0 Å². The average molecular weight is 543 g/mol. The van der Waals surface area contributed by atoms with Gasteiger partial charge in [-0.2, -0.15) is 0 Å². The van der Waals surface area contributed by atoms with E-state index in [1.54, 1.807) is 0 Å². The van der Waals surface area contributed by atoms with Crippen LogP contribution >= 0.6 is 0 Å². The normalized spacial score (nSPS) is 5.82. The Balaban J connectivity index is -0.0000000400. The van der Waals surface area contributed by atoms with Crippen molar-refractivity contribution in [1.29, 1.82) is 0 Å². The van der Waals surface area contributed by atoms with Crippen molar-refractivity contribution in [3.05, 3.63) is 0 Å². The van der Waals surface area contributed by atoms with Crippen LogP contribution in [0.15, 0.2) is 0 Å². The fraction of sp³-hybridized carbons (Fsp3) is 0. The topological polar surface area (TPSA) is 217 Å². The molecule has 100 valence electrons. The van der Waals surface area contributed by atoms with Crippen LogP contribution in [-0.4, -0.2) is 18.5 Å². The monoisotopic (exact) mass is 544 g/mol. The third kappa shape index (κ3) is 83.6. The Morgan fingerprint density at radius 2 is 0.647 bits per heavy atom. The van der Waals surface area contributed by atoms with E-state index in [0.717, 1.165) is 0 Å². The van der Waals surface area contributed by atoms with E-state index in [2.05, 4.69) is 14.7 Å². The zero-order valence-corrected chi connectivity index (χ0v) is 11.6. The van der Waals surface area contributed by atoms with Gasteiger partial charge in [-0.1, -0.05) is 0 Å². The maximum atomic E-state index is 8.72. The predicted molar refractivity (Wildman–Crippen MR) is 19.4 cm³/mol. The number of carbonyl (C=O) groups is 3. The molecule has 0 aliphatic rings. The van der Waals surface area contributed by atoms with Gasteiger partial charge >= 0.3 is 79.9 Å². The van der Waals surface area contributed by atoms with Crippen molar-refractivity contribution in [1.82, 2.24) is 0 Å². The zero-order chi connectivity index (χ0) is 12.9. The summed E-state index contributed by atoms with van der Waals surface area (Å²) >= 11 is 0. The van der Waals surface area contributed by atoms with Crippen LogP contribution in [0.3, 0.4) is 0 Å². The van der Waals surface area contributed by atoms with Gasteiger partial charge in [0.05, 0.1) is 0 Å². The molecule has 17 heavy (non-hydrogen) atoms. The fourth-order valence-electron chi connectivity index (χ4n) is 0. The minimum absolute atomic E-state index is 0. The van der Waals surface area contributed by atoms with Crippen LogP contribution in [-0.2, 0) is 14.7 Å². The first-order valence-corrected chi connectivity index (χ1v) is 2.34. The molecule has 0 heterocycles. The summed E-state index contributed by atoms with van der Waals surface area (Å²) in [6.07, 6.45) is -6.15. The molecule has 0 aliphatic carbocycles. The van der Waals surface area contributed by atoms with Crippen LogP contribution in [0.2, 0.25) is 0 Å². The quantitative estimate of drug-likeness (QED) is 0.206. The van der Waals surface area contributed by atoms with E-state index in [4.69, 9.17) is 45.5 Å². The van der Waals surface area contributed by atoms with Gasteiger partial charge in [0.25, 0.3) is 0 Å². The van der Waals surface area contributed by atoms with Gasteiger partial charge in [0, 0.05) is 0 Å². The predicted octanol–water partition coefficient (Wildman–Crippen LogP) is -7.14. The Morgan fingerprint density at radius 1 is 0.588 bits per heavy atom. The van der Waals surface area contributed by atoms with Crippen LogP contribution in [0.5, 0.6) is 0 Å². The molecule has 0 rings (SSSR count). The molecule has 0 aromatic heterocycles. The molecule has 0 amide bonds. The molecule has 0 unspecified atom stereocenters. The van der Waals surface area contributed by atoms with E-state index in [1.165, 1.54) is 0 Å². The number of hydrogen-bond acceptors (Lipinski definition) is 12. The van der Waals surface area contributed by atoms with Crippen LogP contribution in [0, 0.1) is 79.9 Å². The third-order valence-electron chi connectivity index (χ3n) is 0.204. The van der Waals surface area contributed by atoms with Crippen LogP contribution in [0.4, 0.5) is 14.4 Å². The molecule has 2 radical (unpaired) electrons. The van der Waals surface area contributed by atoms with E-state index in [-0.39, 0.29) is 79.9 Å². The first-order chi connectivity index (χ1) is 6.81. The second-order valence-electron chi connectivity index (χ2n) is 1.00. The van der Waals surface area contributed by atoms with Crippen LogP contribution < -0.4 is 31.1 Å². The van der Waals surface area contributed by atoms with Gasteiger partial charge in [0.1, 0.15) is 0 Å². The van der Waals surface area contributed by atoms with Crippen molar-refractivity contribution in [2.75, 3.05) is 0 Å². The molecule has 0 bridgehead atoms. The molecule has 0 aliphatic heterocycles. The standard InChI is InChI=1S/3CH2O4.2Gd/c3*2-1(3)5-4;;/h3*4H,(H,2,3);;/q;;;2*+3/p-6. The summed E-state index contributed by atoms with van der Waals surface area (Å²) in [5, 5.41) is 51.6. The minimum Gasteiger partial charge on any atom is -0.755 e. The first-order valence-electron chi connectivity index (χ1n) is 2.34. The zero-order valence-electron chi connectivity index (χ0n) is 7.11. The Hall–Kier alpha value is 0.339. The van der Waals surface area contributed by atoms with E-state index in [9.17, 15) is 0 Å². The molecular formula is C3Gd2O12. The van der Waals surface area contributed by atoms with Gasteiger partial charge < -0.3 is 60.1 Å².